The van der Waals surface area contributed by atoms with Gasteiger partial charge in [-0.3, -0.25) is 52.8 Å². The van der Waals surface area contributed by atoms with Gasteiger partial charge in [0.2, 0.25) is 0 Å². The molecule has 29 heteroatoms. The molecule has 4 rings (SSSR count). The van der Waals surface area contributed by atoms with Crippen molar-refractivity contribution in [3.05, 3.63) is 96.6 Å². The van der Waals surface area contributed by atoms with Crippen molar-refractivity contribution in [1.29, 1.82) is 0 Å². The Bertz CT molecular complexity index is 3670. The second-order valence-corrected chi connectivity index (χ2v) is 33.6. The Kier molecular flexibility index (Phi) is 59.6. The normalized spacial score (nSPS) is 12.7. The van der Waals surface area contributed by atoms with E-state index in [0.717, 1.165) is 89.5 Å². The van der Waals surface area contributed by atoms with E-state index in [1.165, 1.54) is 0 Å². The summed E-state index contributed by atoms with van der Waals surface area (Å²) in [6.45, 7) is 15.9. The van der Waals surface area contributed by atoms with Crippen LogP contribution in [-0.4, -0.2) is 186 Å². The van der Waals surface area contributed by atoms with Crippen LogP contribution in [0.2, 0.25) is 0 Å². The van der Waals surface area contributed by atoms with Crippen molar-refractivity contribution in [2.75, 3.05) is 86.3 Å². The maximum atomic E-state index is 12.9. The first-order valence-electron chi connectivity index (χ1n) is 46.9. The highest BCUT2D eigenvalue weighted by molar-refractivity contribution is 5.92. The van der Waals surface area contributed by atoms with Crippen molar-refractivity contribution in [2.24, 2.45) is 0 Å². The van der Waals surface area contributed by atoms with Crippen LogP contribution in [0.25, 0.3) is 0 Å². The Morgan fingerprint density at radius 2 is 0.477 bits per heavy atom. The Balaban J connectivity index is 0.796. The van der Waals surface area contributed by atoms with Crippen LogP contribution in [0.5, 0.6) is 23.0 Å². The summed E-state index contributed by atoms with van der Waals surface area (Å²) in [6, 6.07) is 19.6. The number of rotatable bonds is 75. The molecule has 1 heterocycles. The summed E-state index contributed by atoms with van der Waals surface area (Å²) >= 11 is 0. The van der Waals surface area contributed by atoms with Crippen molar-refractivity contribution < 1.29 is 133 Å². The Labute approximate surface area is 758 Å². The third kappa shape index (κ3) is 56.4. The number of unbranched alkanes of at least 4 members (excludes halogenated alkanes) is 24. The smallest absolute Gasteiger partial charge is 0.343 e. The second-order valence-electron chi connectivity index (χ2n) is 33.6. The molecule has 0 radical (unpaired) electrons. The number of carbonyl (C=O) groups excluding carboxylic acids is 13. The largest absolute Gasteiger partial charge is 0.494 e. The lowest BCUT2D eigenvalue weighted by Crippen LogP contribution is -2.60. The van der Waals surface area contributed by atoms with E-state index in [9.17, 15) is 62.3 Å². The summed E-state index contributed by atoms with van der Waals surface area (Å²) in [5.74, 6) is -2.74. The molecule has 128 heavy (non-hydrogen) atoms. The molecule has 0 aliphatic carbocycles. The van der Waals surface area contributed by atoms with Gasteiger partial charge in [0.25, 0.3) is 0 Å². The highest BCUT2D eigenvalue weighted by Gasteiger charge is 2.44. The van der Waals surface area contributed by atoms with Crippen LogP contribution >= 0.6 is 0 Å². The zero-order chi connectivity index (χ0) is 92.9. The van der Waals surface area contributed by atoms with Gasteiger partial charge in [0.15, 0.2) is 0 Å². The molecular formula is C99H147NO28. The maximum absolute atomic E-state index is 12.9. The minimum atomic E-state index is -0.546. The minimum Gasteiger partial charge on any atom is -0.494 e. The molecule has 29 nitrogen and oxygen atoms in total. The maximum Gasteiger partial charge on any atom is 0.343 e. The van der Waals surface area contributed by atoms with E-state index in [0.29, 0.717) is 210 Å². The van der Waals surface area contributed by atoms with Crippen LogP contribution < -0.4 is 18.9 Å². The van der Waals surface area contributed by atoms with Crippen LogP contribution in [0.3, 0.4) is 0 Å². The van der Waals surface area contributed by atoms with Gasteiger partial charge in [-0.05, 0) is 300 Å². The minimum absolute atomic E-state index is 0.0230. The molecule has 1 fully saturated rings. The van der Waals surface area contributed by atoms with Crippen LogP contribution in [0.1, 0.15) is 344 Å². The monoisotopic (exact) mass is 1800 g/mol. The molecule has 1 saturated heterocycles. The van der Waals surface area contributed by atoms with Gasteiger partial charge in [-0.15, -0.1) is 0 Å². The molecule has 1 aliphatic heterocycles. The van der Waals surface area contributed by atoms with Gasteiger partial charge in [-0.2, -0.15) is 0 Å². The van der Waals surface area contributed by atoms with E-state index >= 15 is 0 Å². The molecule has 3 aromatic carbocycles. The second kappa shape index (κ2) is 69.1. The Morgan fingerprint density at radius 3 is 0.727 bits per heavy atom. The summed E-state index contributed by atoms with van der Waals surface area (Å²) in [5, 5.41) is 0. The van der Waals surface area contributed by atoms with E-state index < -0.39 is 29.8 Å². The van der Waals surface area contributed by atoms with Gasteiger partial charge in [0, 0.05) is 81.4 Å². The lowest BCUT2D eigenvalue weighted by molar-refractivity contribution is -0.161. The molecule has 0 N–H and O–H groups in total. The lowest BCUT2D eigenvalue weighted by atomic mass is 9.79. The van der Waals surface area contributed by atoms with Gasteiger partial charge in [-0.25, -0.2) is 14.4 Å². The fraction of sp³-hybridized carbons (Fsp3) is 0.667. The fourth-order valence-electron chi connectivity index (χ4n) is 13.9. The highest BCUT2D eigenvalue weighted by atomic mass is 16.6. The molecule has 0 spiro atoms. The summed E-state index contributed by atoms with van der Waals surface area (Å²) in [4.78, 5) is 161. The summed E-state index contributed by atoms with van der Waals surface area (Å²) < 4.78 is 81.3. The zero-order valence-corrected chi connectivity index (χ0v) is 77.2. The fourth-order valence-corrected chi connectivity index (χ4v) is 13.9. The molecule has 0 aromatic heterocycles. The van der Waals surface area contributed by atoms with Gasteiger partial charge < -0.3 is 71.1 Å². The van der Waals surface area contributed by atoms with E-state index in [2.05, 4.69) is 46.2 Å². The number of piperidine rings is 1. The van der Waals surface area contributed by atoms with Gasteiger partial charge >= 0.3 is 77.6 Å². The molecule has 1 aliphatic rings. The average Bonchev–Trinajstić information content (AvgIpc) is 0.778. The molecule has 3 aromatic rings. The molecule has 0 amide bonds. The highest BCUT2D eigenvalue weighted by Crippen LogP contribution is 2.38. The molecule has 0 bridgehead atoms. The Hall–Kier alpha value is -9.93. The average molecular weight is 1800 g/mol. The Morgan fingerprint density at radius 1 is 0.273 bits per heavy atom. The quantitative estimate of drug-likeness (QED) is 0.0166. The zero-order valence-electron chi connectivity index (χ0n) is 77.2. The molecule has 0 unspecified atom stereocenters. The van der Waals surface area contributed by atoms with Crippen molar-refractivity contribution in [3.8, 4) is 23.0 Å². The number of hydrogen-bond acceptors (Lipinski definition) is 29. The standard InChI is InChI=1S/C99H147NO28/c1-7-85(101)116-66-33-13-12-31-65-115-81-56-52-79(53-57-81)97(113)128-83-60-58-82(59-61-83)127-96(112)78-50-54-80(55-51-78)114-64-30-10-8-9-11-32-67-117-86(102)42-22-14-34-68-118-87(103)43-23-15-35-69-119-88(104)44-24-16-36-70-120-89(105)45-25-17-37-71-121-90(106)46-26-18-38-72-122-91(107)47-27-19-39-73-123-92(108)48-28-20-40-74-124-93(109)49-29-21-41-75-125-94(110)62-63-95(111)126-84-76-98(2,3)100(6)99(4,5)77-84/h7,50-61,84H,1,8-49,62-77H2,2-6H3. The van der Waals surface area contributed by atoms with E-state index in [1.54, 1.807) is 72.8 Å². The summed E-state index contributed by atoms with van der Waals surface area (Å²) in [5.41, 5.74) is 0.473. The lowest BCUT2D eigenvalue weighted by Gasteiger charge is -2.53. The summed E-state index contributed by atoms with van der Waals surface area (Å²) in [6.07, 6.45) is 29.4. The first-order valence-corrected chi connectivity index (χ1v) is 46.9. The van der Waals surface area contributed by atoms with E-state index in [-0.39, 0.29) is 180 Å². The molecular weight excluding hydrogens is 1650 g/mol. The topological polar surface area (TPSA) is 364 Å². The van der Waals surface area contributed by atoms with E-state index in [1.807, 2.05) is 0 Å². The summed E-state index contributed by atoms with van der Waals surface area (Å²) in [7, 11) is 2.09. The molecule has 716 valence electrons. The van der Waals surface area contributed by atoms with Crippen LogP contribution in [0.15, 0.2) is 85.5 Å². The third-order valence-corrected chi connectivity index (χ3v) is 21.6. The first-order chi connectivity index (χ1) is 61.8. The predicted molar refractivity (Wildman–Crippen MR) is 478 cm³/mol. The predicted octanol–water partition coefficient (Wildman–Crippen LogP) is 18.9. The molecule has 0 atom stereocenters. The van der Waals surface area contributed by atoms with Gasteiger partial charge in [-0.1, -0.05) is 32.3 Å². The molecule has 0 saturated carbocycles. The number of benzene rings is 3. The van der Waals surface area contributed by atoms with Crippen LogP contribution in [-0.2, 0) is 105 Å². The van der Waals surface area contributed by atoms with Crippen molar-refractivity contribution in [2.45, 2.75) is 340 Å². The van der Waals surface area contributed by atoms with Gasteiger partial charge in [0.05, 0.1) is 103 Å². The first kappa shape index (κ1) is 110. The van der Waals surface area contributed by atoms with E-state index in [4.69, 9.17) is 71.1 Å². The van der Waals surface area contributed by atoms with Crippen molar-refractivity contribution in [3.63, 3.8) is 0 Å². The third-order valence-electron chi connectivity index (χ3n) is 21.6. The number of likely N-dealkylation sites (tertiary alicyclic amines) is 1. The number of nitrogens with zero attached hydrogens (tertiary/aromatic N) is 1. The number of ether oxygens (including phenoxy) is 15. The van der Waals surface area contributed by atoms with Crippen molar-refractivity contribution in [1.82, 2.24) is 4.90 Å². The van der Waals surface area contributed by atoms with Crippen LogP contribution in [0, 0.1) is 0 Å². The van der Waals surface area contributed by atoms with Crippen LogP contribution in [0.4, 0.5) is 0 Å². The SMILES string of the molecule is C=CC(=O)OCCCCCCOc1ccc(C(=O)Oc2ccc(OC(=O)c3ccc(OCCCCCCCCOC(=O)CCCCCOC(=O)CCCCCOC(=O)CCCCCOC(=O)CCCCCOC(=O)CCCCCOC(=O)CCCCCOC(=O)CCCCCOC(=O)CCCCCOC(=O)CCC(=O)OC4CC(C)(C)N(C)C(C)(C)C4)cc3)cc2)cc1. The van der Waals surface area contributed by atoms with Gasteiger partial charge in [0.1, 0.15) is 29.1 Å². The number of esters is 13. The van der Waals surface area contributed by atoms with Crippen molar-refractivity contribution >= 4 is 77.6 Å². The number of carbonyl (C=O) groups is 13. The number of hydrogen-bond donors (Lipinski definition) is 0.